The largest absolute Gasteiger partial charge is 0.466 e. The fourth-order valence-electron chi connectivity index (χ4n) is 3.34. The number of nitrogens with zero attached hydrogens (tertiary/aromatic N) is 2. The van der Waals surface area contributed by atoms with Gasteiger partial charge in [-0.2, -0.15) is 0 Å². The summed E-state index contributed by atoms with van der Waals surface area (Å²) in [6, 6.07) is 3.84. The van der Waals surface area contributed by atoms with E-state index in [1.807, 2.05) is 26.8 Å². The molecule has 7 nitrogen and oxygen atoms in total. The summed E-state index contributed by atoms with van der Waals surface area (Å²) < 4.78 is 10.9. The van der Waals surface area contributed by atoms with Crippen molar-refractivity contribution < 1.29 is 13.7 Å². The van der Waals surface area contributed by atoms with Crippen LogP contribution in [0, 0.1) is 20.8 Å². The molecule has 3 aromatic heterocycles. The maximum Gasteiger partial charge on any atom is 0.259 e. The van der Waals surface area contributed by atoms with E-state index < -0.39 is 0 Å². The number of carbonyl (C=O) groups is 1. The summed E-state index contributed by atoms with van der Waals surface area (Å²) >= 11 is 0. The average Bonchev–Trinajstić information content (AvgIpc) is 3.28. The number of carbonyl (C=O) groups excluding carboxylic acids is 1. The Bertz CT molecular complexity index is 951. The summed E-state index contributed by atoms with van der Waals surface area (Å²) in [7, 11) is 0. The van der Waals surface area contributed by atoms with Gasteiger partial charge in [0.1, 0.15) is 11.5 Å². The van der Waals surface area contributed by atoms with Crippen molar-refractivity contribution in [3.05, 3.63) is 34.9 Å². The molecule has 1 amide bonds. The summed E-state index contributed by atoms with van der Waals surface area (Å²) in [6.07, 6.45) is 0.926. The van der Waals surface area contributed by atoms with E-state index in [1.54, 1.807) is 6.07 Å². The molecule has 0 aliphatic carbocycles. The van der Waals surface area contributed by atoms with Crippen LogP contribution in [0.5, 0.6) is 0 Å². The number of furan rings is 1. The van der Waals surface area contributed by atoms with Gasteiger partial charge in [0, 0.05) is 18.2 Å². The van der Waals surface area contributed by atoms with Crippen LogP contribution in [-0.2, 0) is 0 Å². The van der Waals surface area contributed by atoms with Crippen molar-refractivity contribution in [2.24, 2.45) is 0 Å². The number of hydrogen-bond acceptors (Lipinski definition) is 6. The number of rotatable bonds is 3. The van der Waals surface area contributed by atoms with E-state index in [0.717, 1.165) is 36.6 Å². The second kappa shape index (κ2) is 6.00. The maximum atomic E-state index is 12.9. The molecule has 130 valence electrons. The first-order valence-corrected chi connectivity index (χ1v) is 8.39. The van der Waals surface area contributed by atoms with Gasteiger partial charge < -0.3 is 19.6 Å². The van der Waals surface area contributed by atoms with Gasteiger partial charge in [-0.25, -0.2) is 4.98 Å². The molecular formula is C18H20N4O3. The van der Waals surface area contributed by atoms with Crippen molar-refractivity contribution >= 4 is 17.0 Å². The second-order valence-corrected chi connectivity index (χ2v) is 6.49. The number of pyridine rings is 1. The molecule has 4 heterocycles. The fourth-order valence-corrected chi connectivity index (χ4v) is 3.34. The van der Waals surface area contributed by atoms with Crippen LogP contribution in [0.4, 0.5) is 0 Å². The lowest BCUT2D eigenvalue weighted by Gasteiger charge is -2.12. The molecule has 1 saturated heterocycles. The molecule has 0 saturated carbocycles. The van der Waals surface area contributed by atoms with Crippen molar-refractivity contribution in [3.8, 4) is 11.3 Å². The van der Waals surface area contributed by atoms with Crippen molar-refractivity contribution in [1.29, 1.82) is 0 Å². The number of aryl methyl sites for hydroxylation is 3. The topological polar surface area (TPSA) is 93.2 Å². The minimum absolute atomic E-state index is 0.133. The third-order valence-electron chi connectivity index (χ3n) is 4.57. The molecule has 0 bridgehead atoms. The first-order chi connectivity index (χ1) is 12.0. The van der Waals surface area contributed by atoms with Crippen LogP contribution >= 0.6 is 0 Å². The van der Waals surface area contributed by atoms with E-state index in [2.05, 4.69) is 20.8 Å². The molecule has 7 heteroatoms. The van der Waals surface area contributed by atoms with Gasteiger partial charge in [0.05, 0.1) is 22.3 Å². The van der Waals surface area contributed by atoms with E-state index in [9.17, 15) is 4.79 Å². The van der Waals surface area contributed by atoms with E-state index in [1.165, 1.54) is 0 Å². The standard InChI is InChI=1S/C18H20N4O3/c1-9-6-13(11(3)24-9)15-7-14(16-10(2)22-25-18(16)21-15)17(23)20-12-4-5-19-8-12/h6-7,12,19H,4-5,8H2,1-3H3,(H,20,23). The Morgan fingerprint density at radius 1 is 1.32 bits per heavy atom. The lowest BCUT2D eigenvalue weighted by atomic mass is 10.0. The number of nitrogens with one attached hydrogen (secondary N) is 2. The molecule has 1 fully saturated rings. The molecule has 0 aromatic carbocycles. The number of fused-ring (bicyclic) bond motifs is 1. The molecule has 0 spiro atoms. The highest BCUT2D eigenvalue weighted by atomic mass is 16.5. The molecule has 1 aliphatic heterocycles. The van der Waals surface area contributed by atoms with E-state index in [0.29, 0.717) is 28.1 Å². The average molecular weight is 340 g/mol. The Labute approximate surface area is 144 Å². The maximum absolute atomic E-state index is 12.9. The molecular weight excluding hydrogens is 320 g/mol. The van der Waals surface area contributed by atoms with Gasteiger partial charge in [0.2, 0.25) is 0 Å². The quantitative estimate of drug-likeness (QED) is 0.761. The highest BCUT2D eigenvalue weighted by Gasteiger charge is 2.23. The number of aromatic nitrogens is 2. The van der Waals surface area contributed by atoms with Gasteiger partial charge in [-0.1, -0.05) is 5.16 Å². The predicted molar refractivity (Wildman–Crippen MR) is 92.5 cm³/mol. The highest BCUT2D eigenvalue weighted by molar-refractivity contribution is 6.07. The van der Waals surface area contributed by atoms with Gasteiger partial charge in [-0.05, 0) is 45.9 Å². The first kappa shape index (κ1) is 15.8. The number of hydrogen-bond donors (Lipinski definition) is 2. The smallest absolute Gasteiger partial charge is 0.259 e. The first-order valence-electron chi connectivity index (χ1n) is 8.39. The summed E-state index contributed by atoms with van der Waals surface area (Å²) in [4.78, 5) is 17.4. The van der Waals surface area contributed by atoms with E-state index in [-0.39, 0.29) is 11.9 Å². The Morgan fingerprint density at radius 2 is 2.16 bits per heavy atom. The van der Waals surface area contributed by atoms with Crippen LogP contribution in [-0.4, -0.2) is 35.2 Å². The normalized spacial score (nSPS) is 17.3. The molecule has 1 atom stereocenters. The lowest BCUT2D eigenvalue weighted by Crippen LogP contribution is -2.36. The van der Waals surface area contributed by atoms with Crippen molar-refractivity contribution in [1.82, 2.24) is 20.8 Å². The Hall–Kier alpha value is -2.67. The monoisotopic (exact) mass is 340 g/mol. The van der Waals surface area contributed by atoms with E-state index in [4.69, 9.17) is 8.94 Å². The zero-order valence-corrected chi connectivity index (χ0v) is 14.5. The zero-order chi connectivity index (χ0) is 17.6. The van der Waals surface area contributed by atoms with Gasteiger partial charge in [-0.3, -0.25) is 4.79 Å². The van der Waals surface area contributed by atoms with Crippen molar-refractivity contribution in [2.45, 2.75) is 33.2 Å². The summed E-state index contributed by atoms with van der Waals surface area (Å²) in [5, 5.41) is 11.0. The van der Waals surface area contributed by atoms with Crippen LogP contribution in [0.25, 0.3) is 22.4 Å². The van der Waals surface area contributed by atoms with Crippen LogP contribution < -0.4 is 10.6 Å². The zero-order valence-electron chi connectivity index (χ0n) is 14.5. The molecule has 2 N–H and O–H groups in total. The SMILES string of the molecule is Cc1cc(-c2cc(C(=O)NC3CCNC3)c3c(C)noc3n2)c(C)o1. The van der Waals surface area contributed by atoms with Gasteiger partial charge in [0.25, 0.3) is 11.6 Å². The molecule has 1 unspecified atom stereocenters. The van der Waals surface area contributed by atoms with Crippen LogP contribution in [0.2, 0.25) is 0 Å². The molecule has 0 radical (unpaired) electrons. The van der Waals surface area contributed by atoms with Gasteiger partial charge in [0.15, 0.2) is 0 Å². The predicted octanol–water partition coefficient (Wildman–Crippen LogP) is 2.50. The van der Waals surface area contributed by atoms with Crippen molar-refractivity contribution in [3.63, 3.8) is 0 Å². The van der Waals surface area contributed by atoms with Crippen LogP contribution in [0.3, 0.4) is 0 Å². The summed E-state index contributed by atoms with van der Waals surface area (Å²) in [5.41, 5.74) is 3.05. The minimum Gasteiger partial charge on any atom is -0.466 e. The molecule has 25 heavy (non-hydrogen) atoms. The van der Waals surface area contributed by atoms with Crippen LogP contribution in [0.15, 0.2) is 21.1 Å². The Morgan fingerprint density at radius 3 is 2.84 bits per heavy atom. The Balaban J connectivity index is 1.82. The molecule has 4 rings (SSSR count). The van der Waals surface area contributed by atoms with Gasteiger partial charge in [-0.15, -0.1) is 0 Å². The number of amides is 1. The minimum atomic E-state index is -0.133. The lowest BCUT2D eigenvalue weighted by molar-refractivity contribution is 0.0941. The second-order valence-electron chi connectivity index (χ2n) is 6.49. The third kappa shape index (κ3) is 2.80. The molecule has 1 aliphatic rings. The summed E-state index contributed by atoms with van der Waals surface area (Å²) in [5.74, 6) is 1.42. The fraction of sp³-hybridized carbons (Fsp3) is 0.389. The summed E-state index contributed by atoms with van der Waals surface area (Å²) in [6.45, 7) is 7.28. The van der Waals surface area contributed by atoms with Crippen molar-refractivity contribution in [2.75, 3.05) is 13.1 Å². The van der Waals surface area contributed by atoms with E-state index >= 15 is 0 Å². The third-order valence-corrected chi connectivity index (χ3v) is 4.57. The highest BCUT2D eigenvalue weighted by Crippen LogP contribution is 2.30. The van der Waals surface area contributed by atoms with Crippen LogP contribution in [0.1, 0.15) is 34.0 Å². The van der Waals surface area contributed by atoms with Gasteiger partial charge >= 0.3 is 0 Å². The Kier molecular flexibility index (Phi) is 3.80. The molecule has 3 aromatic rings.